The smallest absolute Gasteiger partial charge is 0.130 e. The van der Waals surface area contributed by atoms with Crippen molar-refractivity contribution in [1.82, 2.24) is 20.2 Å². The molecule has 1 fully saturated rings. The summed E-state index contributed by atoms with van der Waals surface area (Å²) in [7, 11) is -0.959. The maximum absolute atomic E-state index is 11.7. The summed E-state index contributed by atoms with van der Waals surface area (Å²) in [6, 6.07) is 8.35. The minimum Gasteiger partial charge on any atom is -0.377 e. The predicted molar refractivity (Wildman–Crippen MR) is 117 cm³/mol. The van der Waals surface area contributed by atoms with Crippen LogP contribution in [-0.2, 0) is 15.5 Å². The quantitative estimate of drug-likeness (QED) is 0.648. The number of anilines is 1. The van der Waals surface area contributed by atoms with E-state index in [1.54, 1.807) is 18.6 Å². The largest absolute Gasteiger partial charge is 0.377 e. The van der Waals surface area contributed by atoms with Gasteiger partial charge in [-0.05, 0) is 37.1 Å². The zero-order valence-corrected chi connectivity index (χ0v) is 17.9. The highest BCUT2D eigenvalue weighted by Gasteiger charge is 2.25. The Balaban J connectivity index is 1.91. The summed E-state index contributed by atoms with van der Waals surface area (Å²) in [6.07, 6.45) is 5.60. The summed E-state index contributed by atoms with van der Waals surface area (Å²) in [5.74, 6) is 0.899. The molecule has 3 aromatic rings. The maximum Gasteiger partial charge on any atom is 0.130 e. The van der Waals surface area contributed by atoms with Gasteiger partial charge in [0, 0.05) is 47.1 Å². The average Bonchev–Trinajstić information content (AvgIpc) is 3.28. The molecule has 0 radical (unpaired) electrons. The number of hydrogen-bond acceptors (Lipinski definition) is 7. The monoisotopic (exact) mass is 424 g/mol. The number of hydrogen-bond donors (Lipinski definition) is 1. The van der Waals surface area contributed by atoms with Gasteiger partial charge in [0.15, 0.2) is 0 Å². The van der Waals surface area contributed by atoms with Gasteiger partial charge in [-0.1, -0.05) is 0 Å². The van der Waals surface area contributed by atoms with E-state index in [0.717, 1.165) is 34.5 Å². The van der Waals surface area contributed by atoms with Crippen LogP contribution in [0.15, 0.2) is 30.6 Å². The molecule has 0 aliphatic carbocycles. The SMILES string of the molecule is C[C@@H]1COCCN1c1cc(C(C#N)CCS(C)=O)c2ccnc(-c3ccn[nH]3)c2n1. The van der Waals surface area contributed by atoms with Crippen LogP contribution in [0.4, 0.5) is 5.82 Å². The highest BCUT2D eigenvalue weighted by molar-refractivity contribution is 7.84. The van der Waals surface area contributed by atoms with Gasteiger partial charge < -0.3 is 9.64 Å². The number of morpholine rings is 1. The Kier molecular flexibility index (Phi) is 6.06. The van der Waals surface area contributed by atoms with E-state index in [0.29, 0.717) is 31.1 Å². The first-order chi connectivity index (χ1) is 14.6. The van der Waals surface area contributed by atoms with Gasteiger partial charge in [0.2, 0.25) is 0 Å². The molecular formula is C21H24N6O2S. The van der Waals surface area contributed by atoms with Gasteiger partial charge in [0.25, 0.3) is 0 Å². The molecule has 2 unspecified atom stereocenters. The lowest BCUT2D eigenvalue weighted by molar-refractivity contribution is 0.0985. The van der Waals surface area contributed by atoms with E-state index < -0.39 is 10.8 Å². The fourth-order valence-corrected chi connectivity index (χ4v) is 4.39. The van der Waals surface area contributed by atoms with Crippen molar-refractivity contribution < 1.29 is 8.95 Å². The Morgan fingerprint density at radius 3 is 3.00 bits per heavy atom. The number of nitrogens with one attached hydrogen (secondary N) is 1. The summed E-state index contributed by atoms with van der Waals surface area (Å²) in [5, 5.41) is 17.8. The number of aromatic amines is 1. The number of aromatic nitrogens is 4. The van der Waals surface area contributed by atoms with Crippen LogP contribution in [0, 0.1) is 11.3 Å². The van der Waals surface area contributed by atoms with Crippen LogP contribution >= 0.6 is 0 Å². The van der Waals surface area contributed by atoms with Crippen LogP contribution < -0.4 is 4.90 Å². The molecule has 0 spiro atoms. The molecular weight excluding hydrogens is 400 g/mol. The number of rotatable bonds is 6. The number of ether oxygens (including phenoxy) is 1. The number of pyridine rings is 2. The zero-order chi connectivity index (χ0) is 21.1. The van der Waals surface area contributed by atoms with E-state index in [1.807, 2.05) is 18.2 Å². The lowest BCUT2D eigenvalue weighted by atomic mass is 9.94. The minimum atomic E-state index is -0.959. The van der Waals surface area contributed by atoms with Crippen molar-refractivity contribution in [2.75, 3.05) is 36.7 Å². The highest BCUT2D eigenvalue weighted by Crippen LogP contribution is 2.34. The molecule has 4 rings (SSSR count). The molecule has 0 aromatic carbocycles. The Morgan fingerprint density at radius 1 is 1.43 bits per heavy atom. The molecule has 0 amide bonds. The van der Waals surface area contributed by atoms with Gasteiger partial charge in [-0.2, -0.15) is 10.4 Å². The van der Waals surface area contributed by atoms with E-state index in [9.17, 15) is 9.47 Å². The van der Waals surface area contributed by atoms with Crippen molar-refractivity contribution >= 4 is 27.5 Å². The van der Waals surface area contributed by atoms with Crippen molar-refractivity contribution in [1.29, 1.82) is 5.26 Å². The van der Waals surface area contributed by atoms with Gasteiger partial charge in [-0.15, -0.1) is 0 Å². The van der Waals surface area contributed by atoms with E-state index >= 15 is 0 Å². The molecule has 1 aliphatic rings. The number of nitriles is 1. The van der Waals surface area contributed by atoms with Gasteiger partial charge in [0.05, 0.1) is 36.9 Å². The fraction of sp³-hybridized carbons (Fsp3) is 0.429. The van der Waals surface area contributed by atoms with Crippen LogP contribution in [0.25, 0.3) is 22.3 Å². The summed E-state index contributed by atoms with van der Waals surface area (Å²) < 4.78 is 17.3. The minimum absolute atomic E-state index is 0.174. The first-order valence-corrected chi connectivity index (χ1v) is 11.6. The highest BCUT2D eigenvalue weighted by atomic mass is 32.2. The molecule has 3 aromatic heterocycles. The van der Waals surface area contributed by atoms with E-state index in [2.05, 4.69) is 33.1 Å². The van der Waals surface area contributed by atoms with Crippen molar-refractivity contribution in [3.63, 3.8) is 0 Å². The van der Waals surface area contributed by atoms with E-state index in [-0.39, 0.29) is 12.0 Å². The van der Waals surface area contributed by atoms with Crippen molar-refractivity contribution in [3.05, 3.63) is 36.2 Å². The molecule has 4 heterocycles. The molecule has 1 N–H and O–H groups in total. The topological polar surface area (TPSA) is 108 Å². The molecule has 3 atom stereocenters. The first-order valence-electron chi connectivity index (χ1n) is 9.92. The molecule has 9 heteroatoms. The summed E-state index contributed by atoms with van der Waals surface area (Å²) in [6.45, 7) is 4.10. The van der Waals surface area contributed by atoms with Crippen molar-refractivity contribution in [2.24, 2.45) is 0 Å². The maximum atomic E-state index is 11.7. The Bertz CT molecular complexity index is 1090. The third kappa shape index (κ3) is 4.06. The van der Waals surface area contributed by atoms with Crippen molar-refractivity contribution in [2.45, 2.75) is 25.3 Å². The number of H-pyrrole nitrogens is 1. The normalized spacial score (nSPS) is 18.8. The lowest BCUT2D eigenvalue weighted by Gasteiger charge is -2.35. The lowest BCUT2D eigenvalue weighted by Crippen LogP contribution is -2.44. The molecule has 0 bridgehead atoms. The molecule has 30 heavy (non-hydrogen) atoms. The van der Waals surface area contributed by atoms with Crippen LogP contribution in [0.5, 0.6) is 0 Å². The van der Waals surface area contributed by atoms with Crippen LogP contribution in [0.3, 0.4) is 0 Å². The van der Waals surface area contributed by atoms with Gasteiger partial charge in [0.1, 0.15) is 17.0 Å². The van der Waals surface area contributed by atoms with Crippen LogP contribution in [0.1, 0.15) is 24.8 Å². The molecule has 0 saturated carbocycles. The van der Waals surface area contributed by atoms with Gasteiger partial charge in [-0.25, -0.2) is 4.98 Å². The molecule has 156 valence electrons. The molecule has 8 nitrogen and oxygen atoms in total. The zero-order valence-electron chi connectivity index (χ0n) is 17.0. The summed E-state index contributed by atoms with van der Waals surface area (Å²) in [5.41, 5.74) is 3.09. The van der Waals surface area contributed by atoms with Gasteiger partial charge >= 0.3 is 0 Å². The molecule has 1 aliphatic heterocycles. The second-order valence-electron chi connectivity index (χ2n) is 7.46. The first kappa shape index (κ1) is 20.4. The van der Waals surface area contributed by atoms with E-state index in [1.165, 1.54) is 0 Å². The van der Waals surface area contributed by atoms with E-state index in [4.69, 9.17) is 9.72 Å². The van der Waals surface area contributed by atoms with Crippen molar-refractivity contribution in [3.8, 4) is 17.5 Å². The van der Waals surface area contributed by atoms with Crippen LogP contribution in [-0.4, -0.2) is 62.2 Å². The fourth-order valence-electron chi connectivity index (χ4n) is 3.82. The Labute approximate surface area is 177 Å². The third-order valence-electron chi connectivity index (χ3n) is 5.39. The second-order valence-corrected chi connectivity index (χ2v) is 9.02. The van der Waals surface area contributed by atoms with Gasteiger partial charge in [-0.3, -0.25) is 14.3 Å². The number of fused-ring (bicyclic) bond motifs is 1. The van der Waals surface area contributed by atoms with Crippen LogP contribution in [0.2, 0.25) is 0 Å². The molecule has 1 saturated heterocycles. The standard InChI is InChI=1S/C21H24N6O2S/c1-14-13-29-9-8-27(14)19-11-17(15(12-22)5-10-30(2)28)16-3-6-23-21(20(16)25-19)18-4-7-24-26-18/h3-4,6-7,11,14-15H,5,8-10,13H2,1-2H3,(H,24,26)/t14-,15?,30?/m1/s1. The predicted octanol–water partition coefficient (Wildman–Crippen LogP) is 2.62. The summed E-state index contributed by atoms with van der Waals surface area (Å²) in [4.78, 5) is 11.7. The Morgan fingerprint density at radius 2 is 2.30 bits per heavy atom. The number of nitrogens with zero attached hydrogens (tertiary/aromatic N) is 5. The average molecular weight is 425 g/mol. The summed E-state index contributed by atoms with van der Waals surface area (Å²) >= 11 is 0. The third-order valence-corrected chi connectivity index (χ3v) is 6.20. The second kappa shape index (κ2) is 8.90. The Hall–Kier alpha value is -2.83.